The highest BCUT2D eigenvalue weighted by molar-refractivity contribution is 7.89. The highest BCUT2D eigenvalue weighted by Gasteiger charge is 2.39. The van der Waals surface area contributed by atoms with E-state index in [4.69, 9.17) is 5.41 Å². The van der Waals surface area contributed by atoms with Gasteiger partial charge in [-0.25, -0.2) is 23.3 Å². The van der Waals surface area contributed by atoms with Crippen LogP contribution in [-0.4, -0.2) is 111 Å². The number of carbonyl (C=O) groups excluding carboxylic acids is 3. The van der Waals surface area contributed by atoms with Crippen LogP contribution in [-0.2, 0) is 39.1 Å². The molecule has 2 atom stereocenters. The largest absolute Gasteiger partial charge is 0.453 e. The first kappa shape index (κ1) is 32.2. The Balaban J connectivity index is 1.23. The minimum atomic E-state index is -4.11. The van der Waals surface area contributed by atoms with Crippen LogP contribution in [0.15, 0.2) is 29.3 Å². The lowest BCUT2D eigenvalue weighted by molar-refractivity contribution is -0.122. The quantitative estimate of drug-likeness (QED) is 0.107. The second-order valence-corrected chi connectivity index (χ2v) is 14.1. The average Bonchev–Trinajstić information content (AvgIpc) is 3.83. The number of sulfonamides is 1. The lowest BCUT2D eigenvalue weighted by Crippen LogP contribution is -2.57. The molecule has 0 bridgehead atoms. The van der Waals surface area contributed by atoms with Gasteiger partial charge in [-0.3, -0.25) is 20.3 Å². The van der Waals surface area contributed by atoms with Gasteiger partial charge in [0.15, 0.2) is 10.8 Å². The maximum Gasteiger partial charge on any atom is 0.412 e. The van der Waals surface area contributed by atoms with E-state index in [0.29, 0.717) is 40.3 Å². The Morgan fingerprint density at radius 1 is 1.21 bits per heavy atom. The van der Waals surface area contributed by atoms with Crippen molar-refractivity contribution in [3.8, 4) is 0 Å². The summed E-state index contributed by atoms with van der Waals surface area (Å²) in [5.41, 5.74) is 1.64. The van der Waals surface area contributed by atoms with Crippen LogP contribution in [0.5, 0.6) is 0 Å². The summed E-state index contributed by atoms with van der Waals surface area (Å²) >= 11 is 1.31. The number of benzene rings is 1. The van der Waals surface area contributed by atoms with Crippen molar-refractivity contribution in [1.29, 1.82) is 5.41 Å². The Morgan fingerprint density at radius 2 is 2.04 bits per heavy atom. The number of thiazole rings is 1. The molecule has 1 saturated heterocycles. The maximum absolute atomic E-state index is 13.9. The second-order valence-electron chi connectivity index (χ2n) is 11.1. The molecule has 18 nitrogen and oxygen atoms in total. The van der Waals surface area contributed by atoms with Crippen molar-refractivity contribution in [2.75, 3.05) is 26.7 Å². The van der Waals surface area contributed by atoms with Crippen LogP contribution < -0.4 is 16.0 Å². The van der Waals surface area contributed by atoms with Crippen molar-refractivity contribution in [3.05, 3.63) is 51.2 Å². The predicted octanol–water partition coefficient (Wildman–Crippen LogP) is 0.0749. The molecule has 2 aliphatic heterocycles. The van der Waals surface area contributed by atoms with Gasteiger partial charge in [-0.15, -0.1) is 16.4 Å². The van der Waals surface area contributed by atoms with E-state index in [1.54, 1.807) is 18.2 Å². The number of aromatic nitrogens is 6. The molecule has 1 fully saturated rings. The van der Waals surface area contributed by atoms with Gasteiger partial charge in [0.2, 0.25) is 5.91 Å². The molecule has 5 heterocycles. The van der Waals surface area contributed by atoms with Gasteiger partial charge in [0, 0.05) is 66.4 Å². The summed E-state index contributed by atoms with van der Waals surface area (Å²) in [7, 11) is -2.93. The average molecular weight is 685 g/mol. The highest BCUT2D eigenvalue weighted by atomic mass is 32.2. The molecule has 4 aromatic rings. The zero-order chi connectivity index (χ0) is 33.3. The number of amides is 3. The standard InChI is InChI=1S/C27H32N12O6S2/c1-14-7-19-20(11-29-14)46-25(32-19)26(41)39-6-5-38(13-17(39)10-22(40)30-12-21-34-36-37-35-21)47(43,44)23-9-15-3-4-16(8-18(15)31-23)24(28)33-27(42)45-2/h3-4,8-9,14,17,29,31H,5-7,10-13H2,1-2H3,(H,30,40)(H2,28,33,42)(H,34,35,36,37). The molecule has 6 rings (SSSR count). The summed E-state index contributed by atoms with van der Waals surface area (Å²) in [5, 5.41) is 30.5. The molecule has 0 radical (unpaired) electrons. The molecule has 0 spiro atoms. The number of nitrogens with one attached hydrogen (secondary N) is 6. The summed E-state index contributed by atoms with van der Waals surface area (Å²) in [6.07, 6.45) is -0.279. The summed E-state index contributed by atoms with van der Waals surface area (Å²) in [5.74, 6) is -0.645. The van der Waals surface area contributed by atoms with Crippen LogP contribution in [0.4, 0.5) is 4.79 Å². The molecule has 1 aromatic carbocycles. The number of carbonyl (C=O) groups is 3. The van der Waals surface area contributed by atoms with Crippen molar-refractivity contribution in [2.24, 2.45) is 0 Å². The monoisotopic (exact) mass is 684 g/mol. The van der Waals surface area contributed by atoms with Gasteiger partial charge in [0.05, 0.1) is 25.4 Å². The fourth-order valence-electron chi connectivity index (χ4n) is 5.49. The third-order valence-corrected chi connectivity index (χ3v) is 10.8. The number of methoxy groups -OCH3 is 1. The molecular weight excluding hydrogens is 653 g/mol. The predicted molar refractivity (Wildman–Crippen MR) is 167 cm³/mol. The van der Waals surface area contributed by atoms with Gasteiger partial charge >= 0.3 is 6.09 Å². The van der Waals surface area contributed by atoms with E-state index in [0.717, 1.165) is 10.6 Å². The van der Waals surface area contributed by atoms with Crippen molar-refractivity contribution in [2.45, 2.75) is 50.0 Å². The number of H-pyrrole nitrogens is 2. The van der Waals surface area contributed by atoms with Gasteiger partial charge in [-0.05, 0) is 29.5 Å². The normalized spacial score (nSPS) is 18.5. The minimum absolute atomic E-state index is 0.00604. The number of fused-ring (bicyclic) bond motifs is 2. The first-order valence-corrected chi connectivity index (χ1v) is 16.9. The second kappa shape index (κ2) is 13.1. The summed E-state index contributed by atoms with van der Waals surface area (Å²) in [4.78, 5) is 48.4. The Kier molecular flexibility index (Phi) is 8.99. The number of piperazine rings is 1. The van der Waals surface area contributed by atoms with Crippen molar-refractivity contribution in [1.82, 2.24) is 55.7 Å². The number of alkyl carbamates (subject to hydrolysis) is 1. The molecule has 3 amide bonds. The Hall–Kier alpha value is -4.79. The number of tetrazole rings is 1. The van der Waals surface area contributed by atoms with Gasteiger partial charge in [0.1, 0.15) is 10.9 Å². The van der Waals surface area contributed by atoms with Crippen LogP contribution in [0.25, 0.3) is 10.9 Å². The van der Waals surface area contributed by atoms with E-state index in [2.05, 4.69) is 51.3 Å². The molecule has 3 aromatic heterocycles. The van der Waals surface area contributed by atoms with E-state index in [1.165, 1.54) is 33.7 Å². The number of ether oxygens (including phenoxy) is 1. The van der Waals surface area contributed by atoms with E-state index < -0.39 is 28.1 Å². The number of nitrogens with zero attached hydrogens (tertiary/aromatic N) is 6. The molecule has 0 saturated carbocycles. The molecule has 248 valence electrons. The van der Waals surface area contributed by atoms with Crippen molar-refractivity contribution in [3.63, 3.8) is 0 Å². The van der Waals surface area contributed by atoms with E-state index in [1.807, 2.05) is 6.92 Å². The number of hydrogen-bond donors (Lipinski definition) is 6. The maximum atomic E-state index is 13.9. The van der Waals surface area contributed by atoms with Crippen LogP contribution in [0, 0.1) is 5.41 Å². The van der Waals surface area contributed by atoms with Crippen LogP contribution >= 0.6 is 11.3 Å². The van der Waals surface area contributed by atoms with E-state index >= 15 is 0 Å². The minimum Gasteiger partial charge on any atom is -0.453 e. The zero-order valence-corrected chi connectivity index (χ0v) is 27.0. The molecule has 0 aliphatic carbocycles. The lowest BCUT2D eigenvalue weighted by atomic mass is 10.1. The first-order valence-electron chi connectivity index (χ1n) is 14.6. The summed E-state index contributed by atoms with van der Waals surface area (Å²) in [6.45, 7) is 2.60. The number of amidine groups is 1. The first-order chi connectivity index (χ1) is 22.5. The molecular formula is C27H32N12O6S2. The van der Waals surface area contributed by atoms with Gasteiger partial charge in [0.25, 0.3) is 15.9 Å². The smallest absolute Gasteiger partial charge is 0.412 e. The van der Waals surface area contributed by atoms with Crippen LogP contribution in [0.2, 0.25) is 0 Å². The van der Waals surface area contributed by atoms with E-state index in [-0.39, 0.29) is 55.4 Å². The molecule has 2 aliphatic rings. The molecule has 6 N–H and O–H groups in total. The lowest BCUT2D eigenvalue weighted by Gasteiger charge is -2.40. The summed E-state index contributed by atoms with van der Waals surface area (Å²) in [6, 6.07) is 5.67. The van der Waals surface area contributed by atoms with Crippen LogP contribution in [0.3, 0.4) is 0 Å². The fourth-order valence-corrected chi connectivity index (χ4v) is 7.97. The third kappa shape index (κ3) is 6.84. The number of rotatable bonds is 8. The van der Waals surface area contributed by atoms with Crippen molar-refractivity contribution >= 4 is 56.0 Å². The van der Waals surface area contributed by atoms with Crippen LogP contribution in [0.1, 0.15) is 45.1 Å². The Morgan fingerprint density at radius 3 is 2.81 bits per heavy atom. The van der Waals surface area contributed by atoms with Gasteiger partial charge in [-0.2, -0.15) is 4.31 Å². The Labute approximate surface area is 272 Å². The van der Waals surface area contributed by atoms with Gasteiger partial charge in [-0.1, -0.05) is 12.1 Å². The van der Waals surface area contributed by atoms with Crippen molar-refractivity contribution < 1.29 is 27.5 Å². The SMILES string of the molecule is COC(=O)NC(=N)c1ccc2cc(S(=O)(=O)N3CCN(C(=O)c4nc5c(s4)CNC(C)C5)C(CC(=O)NCc4nnn[nH]4)C3)[nH]c2c1. The Bertz CT molecular complexity index is 1940. The molecule has 20 heteroatoms. The third-order valence-electron chi connectivity index (χ3n) is 7.96. The highest BCUT2D eigenvalue weighted by Crippen LogP contribution is 2.29. The zero-order valence-electron chi connectivity index (χ0n) is 25.4. The topological polar surface area (TPSA) is 244 Å². The number of aromatic amines is 2. The molecule has 47 heavy (non-hydrogen) atoms. The number of hydrogen-bond acceptors (Lipinski definition) is 13. The van der Waals surface area contributed by atoms with Gasteiger partial charge < -0.3 is 25.3 Å². The van der Waals surface area contributed by atoms with E-state index in [9.17, 15) is 22.8 Å². The fraction of sp³-hybridized carbons (Fsp3) is 0.407. The summed E-state index contributed by atoms with van der Waals surface area (Å²) < 4.78 is 33.6. The molecule has 2 unspecified atom stereocenters.